The lowest BCUT2D eigenvalue weighted by Gasteiger charge is -2.08. The average Bonchev–Trinajstić information content (AvgIpc) is 3.11. The second-order valence-electron chi connectivity index (χ2n) is 5.22. The van der Waals surface area contributed by atoms with Gasteiger partial charge in [-0.1, -0.05) is 0 Å². The zero-order valence-corrected chi connectivity index (χ0v) is 14.7. The molecule has 3 aromatic rings. The minimum atomic E-state index is -0.954. The monoisotopic (exact) mass is 376 g/mol. The van der Waals surface area contributed by atoms with Gasteiger partial charge in [-0.15, -0.1) is 11.3 Å². The average molecular weight is 376 g/mol. The number of halogens is 2. The summed E-state index contributed by atoms with van der Waals surface area (Å²) in [6.07, 6.45) is 0. The van der Waals surface area contributed by atoms with Gasteiger partial charge in [0.25, 0.3) is 5.91 Å². The Kier molecular flexibility index (Phi) is 5.13. The molecule has 0 fully saturated rings. The number of nitrogens with zero attached hydrogens (tertiary/aromatic N) is 1. The highest BCUT2D eigenvalue weighted by atomic mass is 32.1. The maximum atomic E-state index is 13.4. The Bertz CT molecular complexity index is 937. The molecular weight excluding hydrogens is 362 g/mol. The molecule has 8 heteroatoms. The number of anilines is 1. The van der Waals surface area contributed by atoms with Crippen molar-refractivity contribution in [2.45, 2.75) is 0 Å². The van der Waals surface area contributed by atoms with Crippen molar-refractivity contribution in [3.05, 3.63) is 59.0 Å². The normalized spacial score (nSPS) is 10.5. The summed E-state index contributed by atoms with van der Waals surface area (Å²) >= 11 is 1.18. The first-order valence-electron chi connectivity index (χ1n) is 7.45. The van der Waals surface area contributed by atoms with Crippen LogP contribution in [0.4, 0.5) is 13.9 Å². The smallest absolute Gasteiger partial charge is 0.257 e. The maximum absolute atomic E-state index is 13.4. The number of nitrogens with one attached hydrogen (secondary N) is 1. The number of methoxy groups -OCH3 is 2. The van der Waals surface area contributed by atoms with Crippen molar-refractivity contribution < 1.29 is 23.0 Å². The van der Waals surface area contributed by atoms with Gasteiger partial charge >= 0.3 is 0 Å². The number of amides is 1. The lowest BCUT2D eigenvalue weighted by Crippen LogP contribution is -2.12. The number of hydrogen-bond acceptors (Lipinski definition) is 5. The number of rotatable bonds is 5. The van der Waals surface area contributed by atoms with E-state index in [1.165, 1.54) is 31.6 Å². The molecule has 0 spiro atoms. The minimum absolute atomic E-state index is 0.330. The van der Waals surface area contributed by atoms with Crippen LogP contribution in [0.5, 0.6) is 11.5 Å². The Balaban J connectivity index is 1.80. The van der Waals surface area contributed by atoms with Crippen LogP contribution in [0.3, 0.4) is 0 Å². The molecule has 5 nitrogen and oxygen atoms in total. The lowest BCUT2D eigenvalue weighted by atomic mass is 10.1. The summed E-state index contributed by atoms with van der Waals surface area (Å²) in [5, 5.41) is 4.64. The SMILES string of the molecule is COc1cc(OC)cc(C(=O)Nc2nc(-c3ccc(F)c(F)c3)cs2)c1. The summed E-state index contributed by atoms with van der Waals surface area (Å²) in [6, 6.07) is 8.31. The third-order valence-corrected chi connectivity index (χ3v) is 4.31. The molecule has 2 aromatic carbocycles. The van der Waals surface area contributed by atoms with Crippen LogP contribution in [0.15, 0.2) is 41.8 Å². The molecule has 3 rings (SSSR count). The molecule has 0 unspecified atom stereocenters. The first-order chi connectivity index (χ1) is 12.5. The van der Waals surface area contributed by atoms with E-state index in [1.807, 2.05) is 0 Å². The highest BCUT2D eigenvalue weighted by Gasteiger charge is 2.13. The Morgan fingerprint density at radius 2 is 1.73 bits per heavy atom. The molecule has 1 heterocycles. The van der Waals surface area contributed by atoms with Gasteiger partial charge in [-0.2, -0.15) is 0 Å². The Morgan fingerprint density at radius 3 is 2.35 bits per heavy atom. The van der Waals surface area contributed by atoms with E-state index in [4.69, 9.17) is 9.47 Å². The van der Waals surface area contributed by atoms with Crippen LogP contribution in [-0.2, 0) is 0 Å². The fraction of sp³-hybridized carbons (Fsp3) is 0.111. The van der Waals surface area contributed by atoms with Gasteiger partial charge in [0.15, 0.2) is 16.8 Å². The maximum Gasteiger partial charge on any atom is 0.257 e. The number of carbonyl (C=O) groups excluding carboxylic acids is 1. The van der Waals surface area contributed by atoms with Crippen molar-refractivity contribution in [1.29, 1.82) is 0 Å². The van der Waals surface area contributed by atoms with Gasteiger partial charge in [0.1, 0.15) is 11.5 Å². The molecule has 1 aromatic heterocycles. The molecule has 0 aliphatic carbocycles. The molecule has 0 atom stereocenters. The summed E-state index contributed by atoms with van der Waals surface area (Å²) < 4.78 is 36.7. The summed E-state index contributed by atoms with van der Waals surface area (Å²) in [5.41, 5.74) is 1.20. The van der Waals surface area contributed by atoms with Crippen molar-refractivity contribution in [3.8, 4) is 22.8 Å². The van der Waals surface area contributed by atoms with E-state index in [2.05, 4.69) is 10.3 Å². The lowest BCUT2D eigenvalue weighted by molar-refractivity contribution is 0.102. The predicted molar refractivity (Wildman–Crippen MR) is 95.0 cm³/mol. The van der Waals surface area contributed by atoms with Gasteiger partial charge in [0, 0.05) is 22.6 Å². The van der Waals surface area contributed by atoms with Gasteiger partial charge in [-0.05, 0) is 30.3 Å². The number of ether oxygens (including phenoxy) is 2. The van der Waals surface area contributed by atoms with Crippen LogP contribution < -0.4 is 14.8 Å². The van der Waals surface area contributed by atoms with E-state index in [-0.39, 0.29) is 0 Å². The molecular formula is C18H14F2N2O3S. The van der Waals surface area contributed by atoms with Crippen molar-refractivity contribution in [3.63, 3.8) is 0 Å². The van der Waals surface area contributed by atoms with Crippen LogP contribution in [0, 0.1) is 11.6 Å². The molecule has 0 saturated carbocycles. The van der Waals surface area contributed by atoms with Crippen molar-refractivity contribution in [2.75, 3.05) is 19.5 Å². The molecule has 0 radical (unpaired) electrons. The number of aromatic nitrogens is 1. The number of benzene rings is 2. The Labute approximate surface area is 152 Å². The van der Waals surface area contributed by atoms with E-state index in [0.717, 1.165) is 12.1 Å². The van der Waals surface area contributed by atoms with E-state index >= 15 is 0 Å². The summed E-state index contributed by atoms with van der Waals surface area (Å²) in [6.45, 7) is 0. The van der Waals surface area contributed by atoms with Gasteiger partial charge in [0.2, 0.25) is 0 Å². The zero-order valence-electron chi connectivity index (χ0n) is 13.9. The molecule has 0 bridgehead atoms. The fourth-order valence-corrected chi connectivity index (χ4v) is 2.94. The van der Waals surface area contributed by atoms with Gasteiger partial charge in [-0.25, -0.2) is 13.8 Å². The predicted octanol–water partition coefficient (Wildman–Crippen LogP) is 4.36. The minimum Gasteiger partial charge on any atom is -0.497 e. The first kappa shape index (κ1) is 17.8. The van der Waals surface area contributed by atoms with Gasteiger partial charge < -0.3 is 9.47 Å². The third kappa shape index (κ3) is 3.80. The van der Waals surface area contributed by atoms with Gasteiger partial charge in [0.05, 0.1) is 19.9 Å². The van der Waals surface area contributed by atoms with Crippen molar-refractivity contribution in [2.24, 2.45) is 0 Å². The summed E-state index contributed by atoms with van der Waals surface area (Å²) in [7, 11) is 2.98. The summed E-state index contributed by atoms with van der Waals surface area (Å²) in [4.78, 5) is 16.7. The van der Waals surface area contributed by atoms with Crippen LogP contribution in [0.2, 0.25) is 0 Å². The van der Waals surface area contributed by atoms with E-state index < -0.39 is 17.5 Å². The Hall–Kier alpha value is -3.00. The van der Waals surface area contributed by atoms with Crippen LogP contribution in [0.25, 0.3) is 11.3 Å². The number of thiazole rings is 1. The van der Waals surface area contributed by atoms with Crippen LogP contribution in [-0.4, -0.2) is 25.1 Å². The van der Waals surface area contributed by atoms with Crippen molar-refractivity contribution >= 4 is 22.4 Å². The molecule has 1 amide bonds. The van der Waals surface area contributed by atoms with Gasteiger partial charge in [-0.3, -0.25) is 10.1 Å². The standard InChI is InChI=1S/C18H14F2N2O3S/c1-24-12-5-11(6-13(8-12)25-2)17(23)22-18-21-16(9-26-18)10-3-4-14(19)15(20)7-10/h3-9H,1-2H3,(H,21,22,23). The zero-order chi connectivity index (χ0) is 18.7. The first-order valence-corrected chi connectivity index (χ1v) is 8.33. The fourth-order valence-electron chi connectivity index (χ4n) is 2.23. The number of carbonyl (C=O) groups is 1. The molecule has 26 heavy (non-hydrogen) atoms. The number of hydrogen-bond donors (Lipinski definition) is 1. The molecule has 0 aliphatic rings. The second kappa shape index (κ2) is 7.49. The largest absolute Gasteiger partial charge is 0.497 e. The van der Waals surface area contributed by atoms with Crippen molar-refractivity contribution in [1.82, 2.24) is 4.98 Å². The second-order valence-corrected chi connectivity index (χ2v) is 6.08. The highest BCUT2D eigenvalue weighted by Crippen LogP contribution is 2.27. The topological polar surface area (TPSA) is 60.5 Å². The quantitative estimate of drug-likeness (QED) is 0.719. The molecule has 1 N–H and O–H groups in total. The van der Waals surface area contributed by atoms with Crippen LogP contribution in [0.1, 0.15) is 10.4 Å². The molecule has 134 valence electrons. The van der Waals surface area contributed by atoms with Crippen LogP contribution >= 0.6 is 11.3 Å². The third-order valence-electron chi connectivity index (χ3n) is 3.55. The summed E-state index contributed by atoms with van der Waals surface area (Å²) in [5.74, 6) is -1.31. The van der Waals surface area contributed by atoms with E-state index in [1.54, 1.807) is 23.6 Å². The van der Waals surface area contributed by atoms with E-state index in [0.29, 0.717) is 33.5 Å². The Morgan fingerprint density at radius 1 is 1.04 bits per heavy atom. The van der Waals surface area contributed by atoms with E-state index in [9.17, 15) is 13.6 Å². The molecule has 0 aliphatic heterocycles. The highest BCUT2D eigenvalue weighted by molar-refractivity contribution is 7.14. The molecule has 0 saturated heterocycles.